The first-order valence-electron chi connectivity index (χ1n) is 6.40. The lowest BCUT2D eigenvalue weighted by Gasteiger charge is -2.17. The number of nitrogens with one attached hydrogen (secondary N) is 1. The van der Waals surface area contributed by atoms with Gasteiger partial charge in [-0.3, -0.25) is 0 Å². The van der Waals surface area contributed by atoms with E-state index in [-0.39, 0.29) is 11.9 Å². The Bertz CT molecular complexity index is 513. The molecule has 1 aromatic carbocycles. The Hall–Kier alpha value is -1.13. The fourth-order valence-electron chi connectivity index (χ4n) is 2.01. The van der Waals surface area contributed by atoms with Crippen molar-refractivity contribution in [1.82, 2.24) is 5.32 Å². The molecule has 0 aliphatic carbocycles. The van der Waals surface area contributed by atoms with E-state index in [1.165, 1.54) is 6.07 Å². The van der Waals surface area contributed by atoms with Gasteiger partial charge in [0, 0.05) is 16.1 Å². The first-order chi connectivity index (χ1) is 9.20. The van der Waals surface area contributed by atoms with Gasteiger partial charge in [0.15, 0.2) is 0 Å². The largest absolute Gasteiger partial charge is 0.472 e. The van der Waals surface area contributed by atoms with E-state index >= 15 is 0 Å². The zero-order valence-electron chi connectivity index (χ0n) is 10.8. The standard InChI is InChI=1S/C15H17BrFNO/c1-2-6-18-15(12-5-7-19-10-12)8-11-3-4-13(16)9-14(11)17/h3-5,7,9-10,15,18H,2,6,8H2,1H3. The molecule has 0 amide bonds. The Balaban J connectivity index is 2.15. The molecule has 4 heteroatoms. The maximum Gasteiger partial charge on any atom is 0.127 e. The topological polar surface area (TPSA) is 25.2 Å². The highest BCUT2D eigenvalue weighted by Gasteiger charge is 2.15. The smallest absolute Gasteiger partial charge is 0.127 e. The van der Waals surface area contributed by atoms with Crippen LogP contribution in [0.4, 0.5) is 4.39 Å². The van der Waals surface area contributed by atoms with Gasteiger partial charge in [-0.2, -0.15) is 0 Å². The Kier molecular flexibility index (Phi) is 5.16. The van der Waals surface area contributed by atoms with Crippen LogP contribution < -0.4 is 5.32 Å². The molecule has 1 unspecified atom stereocenters. The van der Waals surface area contributed by atoms with Crippen molar-refractivity contribution in [3.05, 3.63) is 58.2 Å². The molecule has 1 atom stereocenters. The first kappa shape index (κ1) is 14.3. The van der Waals surface area contributed by atoms with Gasteiger partial charge >= 0.3 is 0 Å². The summed E-state index contributed by atoms with van der Waals surface area (Å²) in [5.74, 6) is -0.179. The Morgan fingerprint density at radius 3 is 2.84 bits per heavy atom. The number of rotatable bonds is 6. The van der Waals surface area contributed by atoms with Crippen molar-refractivity contribution in [2.24, 2.45) is 0 Å². The number of halogens is 2. The lowest BCUT2D eigenvalue weighted by molar-refractivity contribution is 0.501. The minimum Gasteiger partial charge on any atom is -0.472 e. The van der Waals surface area contributed by atoms with Gasteiger partial charge in [0.1, 0.15) is 5.82 Å². The van der Waals surface area contributed by atoms with Gasteiger partial charge in [-0.25, -0.2) is 4.39 Å². The SMILES string of the molecule is CCCNC(Cc1ccc(Br)cc1F)c1ccoc1. The van der Waals surface area contributed by atoms with Crippen molar-refractivity contribution in [3.8, 4) is 0 Å². The van der Waals surface area contributed by atoms with Gasteiger partial charge in [0.05, 0.1) is 12.5 Å². The molecule has 1 heterocycles. The van der Waals surface area contributed by atoms with E-state index < -0.39 is 0 Å². The van der Waals surface area contributed by atoms with Crippen LogP contribution >= 0.6 is 15.9 Å². The third kappa shape index (κ3) is 3.91. The van der Waals surface area contributed by atoms with Crippen LogP contribution in [0.1, 0.15) is 30.5 Å². The highest BCUT2D eigenvalue weighted by atomic mass is 79.9. The van der Waals surface area contributed by atoms with Gasteiger partial charge in [-0.05, 0) is 43.1 Å². The van der Waals surface area contributed by atoms with E-state index in [1.807, 2.05) is 18.2 Å². The molecule has 102 valence electrons. The van der Waals surface area contributed by atoms with Gasteiger partial charge in [0.2, 0.25) is 0 Å². The molecule has 0 aliphatic rings. The number of hydrogen-bond acceptors (Lipinski definition) is 2. The monoisotopic (exact) mass is 325 g/mol. The van der Waals surface area contributed by atoms with Crippen LogP contribution in [0.15, 0.2) is 45.7 Å². The average molecular weight is 326 g/mol. The molecule has 2 rings (SSSR count). The summed E-state index contributed by atoms with van der Waals surface area (Å²) in [5.41, 5.74) is 1.76. The highest BCUT2D eigenvalue weighted by molar-refractivity contribution is 9.10. The molecular weight excluding hydrogens is 309 g/mol. The van der Waals surface area contributed by atoms with E-state index in [4.69, 9.17) is 4.42 Å². The zero-order chi connectivity index (χ0) is 13.7. The van der Waals surface area contributed by atoms with Gasteiger partial charge in [-0.1, -0.05) is 28.9 Å². The average Bonchev–Trinajstić information content (AvgIpc) is 2.90. The normalized spacial score (nSPS) is 12.6. The molecule has 0 saturated carbocycles. The van der Waals surface area contributed by atoms with Crippen LogP contribution in [0, 0.1) is 5.82 Å². The predicted octanol–water partition coefficient (Wildman–Crippen LogP) is 4.46. The Morgan fingerprint density at radius 2 is 2.21 bits per heavy atom. The van der Waals surface area contributed by atoms with Crippen LogP contribution in [0.5, 0.6) is 0 Å². The summed E-state index contributed by atoms with van der Waals surface area (Å²) in [6.07, 6.45) is 5.01. The number of benzene rings is 1. The summed E-state index contributed by atoms with van der Waals surface area (Å²) in [4.78, 5) is 0. The number of hydrogen-bond donors (Lipinski definition) is 1. The quantitative estimate of drug-likeness (QED) is 0.847. The van der Waals surface area contributed by atoms with E-state index in [2.05, 4.69) is 28.2 Å². The molecule has 19 heavy (non-hydrogen) atoms. The van der Waals surface area contributed by atoms with Crippen LogP contribution in [-0.2, 0) is 6.42 Å². The lowest BCUT2D eigenvalue weighted by Crippen LogP contribution is -2.24. The summed E-state index contributed by atoms with van der Waals surface area (Å²) < 4.78 is 19.8. The summed E-state index contributed by atoms with van der Waals surface area (Å²) in [5, 5.41) is 3.42. The van der Waals surface area contributed by atoms with Gasteiger partial charge in [0.25, 0.3) is 0 Å². The summed E-state index contributed by atoms with van der Waals surface area (Å²) in [7, 11) is 0. The number of furan rings is 1. The molecule has 0 fully saturated rings. The van der Waals surface area contributed by atoms with Crippen LogP contribution in [-0.4, -0.2) is 6.54 Å². The second-order valence-electron chi connectivity index (χ2n) is 4.50. The van der Waals surface area contributed by atoms with Crippen molar-refractivity contribution in [3.63, 3.8) is 0 Å². The van der Waals surface area contributed by atoms with Gasteiger partial charge in [-0.15, -0.1) is 0 Å². The van der Waals surface area contributed by atoms with Crippen LogP contribution in [0.2, 0.25) is 0 Å². The highest BCUT2D eigenvalue weighted by Crippen LogP contribution is 2.22. The first-order valence-corrected chi connectivity index (χ1v) is 7.19. The second kappa shape index (κ2) is 6.87. The molecule has 1 N–H and O–H groups in total. The van der Waals surface area contributed by atoms with Crippen molar-refractivity contribution < 1.29 is 8.81 Å². The summed E-state index contributed by atoms with van der Waals surface area (Å²) in [6, 6.07) is 7.19. The molecule has 2 aromatic rings. The van der Waals surface area contributed by atoms with Crippen molar-refractivity contribution in [1.29, 1.82) is 0 Å². The molecule has 0 saturated heterocycles. The third-order valence-electron chi connectivity index (χ3n) is 3.03. The Morgan fingerprint density at radius 1 is 1.37 bits per heavy atom. The van der Waals surface area contributed by atoms with Crippen LogP contribution in [0.25, 0.3) is 0 Å². The maximum atomic E-state index is 13.9. The molecule has 1 aromatic heterocycles. The van der Waals surface area contributed by atoms with Crippen molar-refractivity contribution in [2.45, 2.75) is 25.8 Å². The zero-order valence-corrected chi connectivity index (χ0v) is 12.4. The molecule has 0 spiro atoms. The fraction of sp³-hybridized carbons (Fsp3) is 0.333. The molecule has 0 bridgehead atoms. The maximum absolute atomic E-state index is 13.9. The summed E-state index contributed by atoms with van der Waals surface area (Å²) >= 11 is 3.27. The fourth-order valence-corrected chi connectivity index (χ4v) is 2.34. The van der Waals surface area contributed by atoms with Crippen molar-refractivity contribution >= 4 is 15.9 Å². The lowest BCUT2D eigenvalue weighted by atomic mass is 10.0. The van der Waals surface area contributed by atoms with E-state index in [0.29, 0.717) is 12.0 Å². The molecule has 2 nitrogen and oxygen atoms in total. The Labute approximate surface area is 121 Å². The van der Waals surface area contributed by atoms with Crippen molar-refractivity contribution in [2.75, 3.05) is 6.54 Å². The summed E-state index contributed by atoms with van der Waals surface area (Å²) in [6.45, 7) is 3.01. The minimum atomic E-state index is -0.179. The third-order valence-corrected chi connectivity index (χ3v) is 3.52. The van der Waals surface area contributed by atoms with Crippen LogP contribution in [0.3, 0.4) is 0 Å². The van der Waals surface area contributed by atoms with Gasteiger partial charge < -0.3 is 9.73 Å². The van der Waals surface area contributed by atoms with E-state index in [9.17, 15) is 4.39 Å². The van der Waals surface area contributed by atoms with E-state index in [1.54, 1.807) is 12.5 Å². The second-order valence-corrected chi connectivity index (χ2v) is 5.42. The molecular formula is C15H17BrFNO. The minimum absolute atomic E-state index is 0.0781. The molecule has 0 aliphatic heterocycles. The predicted molar refractivity (Wildman–Crippen MR) is 77.5 cm³/mol. The van der Waals surface area contributed by atoms with E-state index in [0.717, 1.165) is 23.0 Å². The molecule has 0 radical (unpaired) electrons.